The molecule has 0 aromatic heterocycles. The molecule has 1 amide bonds. The lowest BCUT2D eigenvalue weighted by molar-refractivity contribution is -0.141. The SMILES string of the molecule is CCCCC(NC(=O)/C=C/c1ccc(F)cc1)C(=O)O. The average Bonchev–Trinajstić information content (AvgIpc) is 2.42. The molecule has 108 valence electrons. The van der Waals surface area contributed by atoms with Gasteiger partial charge in [-0.2, -0.15) is 0 Å². The monoisotopic (exact) mass is 279 g/mol. The lowest BCUT2D eigenvalue weighted by atomic mass is 10.1. The van der Waals surface area contributed by atoms with Crippen LogP contribution in [0.1, 0.15) is 31.7 Å². The van der Waals surface area contributed by atoms with Crippen molar-refractivity contribution >= 4 is 18.0 Å². The number of amides is 1. The molecular weight excluding hydrogens is 261 g/mol. The molecule has 20 heavy (non-hydrogen) atoms. The number of hydrogen-bond acceptors (Lipinski definition) is 2. The van der Waals surface area contributed by atoms with Crippen molar-refractivity contribution in [2.45, 2.75) is 32.2 Å². The topological polar surface area (TPSA) is 66.4 Å². The van der Waals surface area contributed by atoms with Crippen LogP contribution in [0.3, 0.4) is 0 Å². The summed E-state index contributed by atoms with van der Waals surface area (Å²) in [5.41, 5.74) is 0.669. The Bertz CT molecular complexity index is 482. The zero-order valence-electron chi connectivity index (χ0n) is 11.3. The predicted molar refractivity (Wildman–Crippen MR) is 74.5 cm³/mol. The summed E-state index contributed by atoms with van der Waals surface area (Å²) in [6.07, 6.45) is 4.76. The van der Waals surface area contributed by atoms with Crippen LogP contribution in [0.4, 0.5) is 4.39 Å². The van der Waals surface area contributed by atoms with E-state index in [1.807, 2.05) is 6.92 Å². The quantitative estimate of drug-likeness (QED) is 0.754. The minimum Gasteiger partial charge on any atom is -0.480 e. The van der Waals surface area contributed by atoms with Crippen molar-refractivity contribution in [3.8, 4) is 0 Å². The molecule has 0 spiro atoms. The second-order valence-electron chi connectivity index (χ2n) is 4.43. The number of carbonyl (C=O) groups is 2. The molecule has 1 aromatic rings. The summed E-state index contributed by atoms with van der Waals surface area (Å²) in [5.74, 6) is -1.86. The van der Waals surface area contributed by atoms with E-state index >= 15 is 0 Å². The van der Waals surface area contributed by atoms with E-state index in [1.54, 1.807) is 0 Å². The maximum Gasteiger partial charge on any atom is 0.326 e. The van der Waals surface area contributed by atoms with Gasteiger partial charge in [0.25, 0.3) is 0 Å². The largest absolute Gasteiger partial charge is 0.480 e. The Morgan fingerprint density at radius 3 is 2.55 bits per heavy atom. The molecular formula is C15H18FNO3. The highest BCUT2D eigenvalue weighted by molar-refractivity contribution is 5.94. The number of carboxylic acid groups (broad SMARTS) is 1. The lowest BCUT2D eigenvalue weighted by Crippen LogP contribution is -2.39. The number of halogens is 1. The molecule has 1 aromatic carbocycles. The van der Waals surface area contributed by atoms with Crippen LogP contribution in [0, 0.1) is 5.82 Å². The standard InChI is InChI=1S/C15H18FNO3/c1-2-3-4-13(15(19)20)17-14(18)10-7-11-5-8-12(16)9-6-11/h5-10,13H,2-4H2,1H3,(H,17,18)(H,19,20)/b10-7+. The zero-order chi connectivity index (χ0) is 15.0. The summed E-state index contributed by atoms with van der Waals surface area (Å²) < 4.78 is 12.7. The fourth-order valence-corrected chi connectivity index (χ4v) is 1.63. The van der Waals surface area contributed by atoms with E-state index in [1.165, 1.54) is 36.4 Å². The van der Waals surface area contributed by atoms with Crippen LogP contribution in [0.2, 0.25) is 0 Å². The Kier molecular flexibility index (Phi) is 6.43. The van der Waals surface area contributed by atoms with Gasteiger partial charge in [-0.3, -0.25) is 4.79 Å². The Hall–Kier alpha value is -2.17. The van der Waals surface area contributed by atoms with Gasteiger partial charge < -0.3 is 10.4 Å². The fourth-order valence-electron chi connectivity index (χ4n) is 1.63. The first-order valence-electron chi connectivity index (χ1n) is 6.50. The maximum atomic E-state index is 12.7. The summed E-state index contributed by atoms with van der Waals surface area (Å²) in [5, 5.41) is 11.4. The summed E-state index contributed by atoms with van der Waals surface area (Å²) in [6.45, 7) is 1.95. The molecule has 0 saturated heterocycles. The molecule has 0 aliphatic rings. The van der Waals surface area contributed by atoms with Crippen LogP contribution in [0.25, 0.3) is 6.08 Å². The Morgan fingerprint density at radius 1 is 1.35 bits per heavy atom. The van der Waals surface area contributed by atoms with E-state index in [2.05, 4.69) is 5.32 Å². The first-order chi connectivity index (χ1) is 9.52. The zero-order valence-corrected chi connectivity index (χ0v) is 11.3. The molecule has 5 heteroatoms. The van der Waals surface area contributed by atoms with Crippen LogP contribution < -0.4 is 5.32 Å². The molecule has 1 rings (SSSR count). The smallest absolute Gasteiger partial charge is 0.326 e. The summed E-state index contributed by atoms with van der Waals surface area (Å²) in [4.78, 5) is 22.6. The van der Waals surface area contributed by atoms with Gasteiger partial charge in [-0.05, 0) is 30.2 Å². The van der Waals surface area contributed by atoms with Gasteiger partial charge in [0.2, 0.25) is 5.91 Å². The van der Waals surface area contributed by atoms with Crippen molar-refractivity contribution in [2.24, 2.45) is 0 Å². The first kappa shape index (κ1) is 15.9. The predicted octanol–water partition coefficient (Wildman–Crippen LogP) is 2.60. The maximum absolute atomic E-state index is 12.7. The van der Waals surface area contributed by atoms with Gasteiger partial charge in [-0.15, -0.1) is 0 Å². The van der Waals surface area contributed by atoms with Gasteiger partial charge in [0.15, 0.2) is 0 Å². The number of carbonyl (C=O) groups excluding carboxylic acids is 1. The van der Waals surface area contributed by atoms with Crippen LogP contribution in [-0.2, 0) is 9.59 Å². The molecule has 0 radical (unpaired) electrons. The highest BCUT2D eigenvalue weighted by Gasteiger charge is 2.17. The van der Waals surface area contributed by atoms with Crippen LogP contribution in [0.15, 0.2) is 30.3 Å². The first-order valence-corrected chi connectivity index (χ1v) is 6.50. The fraction of sp³-hybridized carbons (Fsp3) is 0.333. The van der Waals surface area contributed by atoms with Gasteiger partial charge in [0, 0.05) is 6.08 Å². The third kappa shape index (κ3) is 5.65. The Balaban J connectivity index is 2.56. The molecule has 2 N–H and O–H groups in total. The summed E-state index contributed by atoms with van der Waals surface area (Å²) in [6, 6.07) is 4.77. The van der Waals surface area contributed by atoms with E-state index in [0.717, 1.165) is 12.8 Å². The molecule has 1 unspecified atom stereocenters. The van der Waals surface area contributed by atoms with E-state index in [4.69, 9.17) is 5.11 Å². The highest BCUT2D eigenvalue weighted by atomic mass is 19.1. The second-order valence-corrected chi connectivity index (χ2v) is 4.43. The van der Waals surface area contributed by atoms with Crippen LogP contribution >= 0.6 is 0 Å². The van der Waals surface area contributed by atoms with Crippen molar-refractivity contribution in [1.82, 2.24) is 5.32 Å². The van der Waals surface area contributed by atoms with Crippen molar-refractivity contribution in [2.75, 3.05) is 0 Å². The number of aliphatic carboxylic acids is 1. The van der Waals surface area contributed by atoms with Crippen molar-refractivity contribution in [3.05, 3.63) is 41.7 Å². The van der Waals surface area contributed by atoms with Gasteiger partial charge >= 0.3 is 5.97 Å². The number of rotatable bonds is 7. The van der Waals surface area contributed by atoms with Gasteiger partial charge in [0.05, 0.1) is 0 Å². The normalized spacial score (nSPS) is 12.3. The Morgan fingerprint density at radius 2 is 2.00 bits per heavy atom. The summed E-state index contributed by atoms with van der Waals surface area (Å²) in [7, 11) is 0. The Labute approximate surface area is 117 Å². The molecule has 1 atom stereocenters. The van der Waals surface area contributed by atoms with Gasteiger partial charge in [-0.1, -0.05) is 31.9 Å². The molecule has 0 aliphatic carbocycles. The average molecular weight is 279 g/mol. The molecule has 0 aliphatic heterocycles. The number of hydrogen-bond donors (Lipinski definition) is 2. The number of benzene rings is 1. The van der Waals surface area contributed by atoms with Crippen LogP contribution in [-0.4, -0.2) is 23.0 Å². The number of unbranched alkanes of at least 4 members (excludes halogenated alkanes) is 1. The second kappa shape index (κ2) is 8.09. The molecule has 0 heterocycles. The minimum atomic E-state index is -1.04. The van der Waals surface area contributed by atoms with Crippen molar-refractivity contribution in [3.63, 3.8) is 0 Å². The van der Waals surface area contributed by atoms with E-state index in [-0.39, 0.29) is 5.82 Å². The van der Waals surface area contributed by atoms with Crippen molar-refractivity contribution in [1.29, 1.82) is 0 Å². The lowest BCUT2D eigenvalue weighted by Gasteiger charge is -2.12. The highest BCUT2D eigenvalue weighted by Crippen LogP contribution is 2.05. The number of nitrogens with one attached hydrogen (secondary N) is 1. The van der Waals surface area contributed by atoms with Crippen molar-refractivity contribution < 1.29 is 19.1 Å². The van der Waals surface area contributed by atoms with E-state index in [9.17, 15) is 14.0 Å². The molecule has 4 nitrogen and oxygen atoms in total. The van der Waals surface area contributed by atoms with Crippen LogP contribution in [0.5, 0.6) is 0 Å². The number of carboxylic acids is 1. The van der Waals surface area contributed by atoms with Gasteiger partial charge in [0.1, 0.15) is 11.9 Å². The third-order valence-corrected chi connectivity index (χ3v) is 2.76. The summed E-state index contributed by atoms with van der Waals surface area (Å²) >= 11 is 0. The van der Waals surface area contributed by atoms with E-state index < -0.39 is 17.9 Å². The molecule has 0 fully saturated rings. The third-order valence-electron chi connectivity index (χ3n) is 2.76. The van der Waals surface area contributed by atoms with Gasteiger partial charge in [-0.25, -0.2) is 9.18 Å². The molecule has 0 saturated carbocycles. The minimum absolute atomic E-state index is 0.350. The molecule has 0 bridgehead atoms. The van der Waals surface area contributed by atoms with E-state index in [0.29, 0.717) is 12.0 Å².